The monoisotopic (exact) mass is 247 g/mol. The van der Waals surface area contributed by atoms with E-state index in [0.717, 1.165) is 5.56 Å². The second-order valence-electron chi connectivity index (χ2n) is 3.35. The van der Waals surface area contributed by atoms with Crippen molar-refractivity contribution in [2.75, 3.05) is 14.2 Å². The Morgan fingerprint density at radius 3 is 2.31 bits per heavy atom. The topological polar surface area (TPSA) is 64.7 Å². The van der Waals surface area contributed by atoms with Crippen LogP contribution in [0.3, 0.4) is 0 Å². The molecule has 1 aromatic carbocycles. The molecule has 0 fully saturated rings. The van der Waals surface area contributed by atoms with E-state index in [2.05, 4.69) is 0 Å². The molecular weight excluding hydrogens is 230 g/mol. The van der Waals surface area contributed by atoms with Crippen molar-refractivity contribution in [3.8, 4) is 11.5 Å². The second-order valence-corrected chi connectivity index (χ2v) is 3.35. The second kappa shape index (κ2) is 6.58. The van der Waals surface area contributed by atoms with Crippen molar-refractivity contribution in [2.24, 2.45) is 5.73 Å². The van der Waals surface area contributed by atoms with Gasteiger partial charge in [0, 0.05) is 5.56 Å². The minimum atomic E-state index is -0.633. The highest BCUT2D eigenvalue weighted by Gasteiger charge is 2.19. The number of aliphatic hydroxyl groups is 1. The first kappa shape index (κ1) is 15.0. The number of aliphatic hydroxyl groups excluding tert-OH is 1. The maximum Gasteiger partial charge on any atom is 0.165 e. The summed E-state index contributed by atoms with van der Waals surface area (Å²) >= 11 is 0. The fourth-order valence-electron chi connectivity index (χ4n) is 1.43. The van der Waals surface area contributed by atoms with Crippen LogP contribution in [-0.2, 0) is 0 Å². The Morgan fingerprint density at radius 1 is 1.25 bits per heavy atom. The van der Waals surface area contributed by atoms with Crippen molar-refractivity contribution >= 4 is 12.4 Å². The van der Waals surface area contributed by atoms with E-state index >= 15 is 0 Å². The van der Waals surface area contributed by atoms with Gasteiger partial charge < -0.3 is 20.3 Å². The summed E-state index contributed by atoms with van der Waals surface area (Å²) in [6.07, 6.45) is -0.633. The average molecular weight is 248 g/mol. The molecule has 0 spiro atoms. The molecule has 0 amide bonds. The Bertz CT molecular complexity index is 331. The molecule has 92 valence electrons. The molecule has 5 heteroatoms. The molecule has 0 aliphatic heterocycles. The number of hydrogen-bond acceptors (Lipinski definition) is 4. The zero-order valence-electron chi connectivity index (χ0n) is 9.64. The Balaban J connectivity index is 0.00000225. The van der Waals surface area contributed by atoms with Crippen LogP contribution in [-0.4, -0.2) is 25.4 Å². The highest BCUT2D eigenvalue weighted by Crippen LogP contribution is 2.34. The summed E-state index contributed by atoms with van der Waals surface area (Å²) < 4.78 is 10.4. The van der Waals surface area contributed by atoms with E-state index in [9.17, 15) is 5.11 Å². The van der Waals surface area contributed by atoms with Crippen LogP contribution in [0, 0.1) is 0 Å². The third-order valence-electron chi connectivity index (χ3n) is 2.31. The minimum absolute atomic E-state index is 0. The Hall–Kier alpha value is -0.970. The first-order chi connectivity index (χ1) is 7.11. The Morgan fingerprint density at radius 2 is 1.88 bits per heavy atom. The molecule has 0 saturated carbocycles. The lowest BCUT2D eigenvalue weighted by atomic mass is 10.0. The van der Waals surface area contributed by atoms with Gasteiger partial charge in [0.2, 0.25) is 0 Å². The molecule has 4 nitrogen and oxygen atoms in total. The van der Waals surface area contributed by atoms with Crippen LogP contribution in [0.2, 0.25) is 0 Å². The Labute approximate surface area is 102 Å². The van der Waals surface area contributed by atoms with Crippen LogP contribution < -0.4 is 15.2 Å². The van der Waals surface area contributed by atoms with Crippen LogP contribution in [0.1, 0.15) is 18.5 Å². The third kappa shape index (κ3) is 3.01. The normalized spacial score (nSPS) is 13.6. The summed E-state index contributed by atoms with van der Waals surface area (Å²) in [4.78, 5) is 0. The highest BCUT2D eigenvalue weighted by atomic mass is 35.5. The van der Waals surface area contributed by atoms with Crippen LogP contribution in [0.25, 0.3) is 0 Å². The van der Waals surface area contributed by atoms with Crippen molar-refractivity contribution in [1.82, 2.24) is 0 Å². The molecule has 0 aliphatic carbocycles. The lowest BCUT2D eigenvalue weighted by Gasteiger charge is -2.19. The molecule has 0 saturated heterocycles. The van der Waals surface area contributed by atoms with Crippen LogP contribution in [0.4, 0.5) is 0 Å². The van der Waals surface area contributed by atoms with Crippen molar-refractivity contribution in [3.63, 3.8) is 0 Å². The lowest BCUT2D eigenvalue weighted by Crippen LogP contribution is -2.23. The summed E-state index contributed by atoms with van der Waals surface area (Å²) in [6.45, 7) is 1.64. The standard InChI is InChI=1S/C11H17NO3.ClH/c1-7(13)10(12)8-5-4-6-9(14-2)11(8)15-3;/h4-7,10,13H,12H2,1-3H3;1H/t7-,10-;/m1./s1. The third-order valence-corrected chi connectivity index (χ3v) is 2.31. The van der Waals surface area contributed by atoms with Gasteiger partial charge in [-0.3, -0.25) is 0 Å². The fraction of sp³-hybridized carbons (Fsp3) is 0.455. The predicted molar refractivity (Wildman–Crippen MR) is 65.4 cm³/mol. The Kier molecular flexibility index (Phi) is 6.18. The molecule has 1 rings (SSSR count). The summed E-state index contributed by atoms with van der Waals surface area (Å²) in [5, 5.41) is 9.44. The molecule has 0 aromatic heterocycles. The first-order valence-electron chi connectivity index (χ1n) is 4.76. The summed E-state index contributed by atoms with van der Waals surface area (Å²) in [5.41, 5.74) is 6.59. The molecule has 3 N–H and O–H groups in total. The van der Waals surface area contributed by atoms with Crippen LogP contribution >= 0.6 is 12.4 Å². The van der Waals surface area contributed by atoms with Gasteiger partial charge in [0.05, 0.1) is 26.4 Å². The first-order valence-corrected chi connectivity index (χ1v) is 4.76. The van der Waals surface area contributed by atoms with Crippen molar-refractivity contribution < 1.29 is 14.6 Å². The molecule has 0 bridgehead atoms. The number of methoxy groups -OCH3 is 2. The zero-order valence-corrected chi connectivity index (χ0v) is 10.5. The molecule has 0 radical (unpaired) electrons. The van der Waals surface area contributed by atoms with Crippen molar-refractivity contribution in [2.45, 2.75) is 19.1 Å². The van der Waals surface area contributed by atoms with Gasteiger partial charge in [0.25, 0.3) is 0 Å². The summed E-state index contributed by atoms with van der Waals surface area (Å²) in [7, 11) is 3.12. The van der Waals surface area contributed by atoms with Crippen LogP contribution in [0.5, 0.6) is 11.5 Å². The maximum absolute atomic E-state index is 9.44. The largest absolute Gasteiger partial charge is 0.493 e. The molecule has 0 unspecified atom stereocenters. The fourth-order valence-corrected chi connectivity index (χ4v) is 1.43. The molecule has 0 heterocycles. The van der Waals surface area contributed by atoms with Gasteiger partial charge in [0.1, 0.15) is 0 Å². The van der Waals surface area contributed by atoms with E-state index in [4.69, 9.17) is 15.2 Å². The van der Waals surface area contributed by atoms with E-state index in [-0.39, 0.29) is 12.4 Å². The van der Waals surface area contributed by atoms with E-state index < -0.39 is 12.1 Å². The summed E-state index contributed by atoms with van der Waals surface area (Å²) in [6, 6.07) is 4.95. The number of halogens is 1. The van der Waals surface area contributed by atoms with Gasteiger partial charge in [0.15, 0.2) is 11.5 Å². The number of ether oxygens (including phenoxy) is 2. The molecular formula is C11H18ClNO3. The number of para-hydroxylation sites is 1. The molecule has 16 heavy (non-hydrogen) atoms. The average Bonchev–Trinajstić information content (AvgIpc) is 2.26. The van der Waals surface area contributed by atoms with E-state index in [1.165, 1.54) is 0 Å². The molecule has 0 aliphatic rings. The van der Waals surface area contributed by atoms with E-state index in [0.29, 0.717) is 11.5 Å². The van der Waals surface area contributed by atoms with Gasteiger partial charge in [-0.1, -0.05) is 12.1 Å². The minimum Gasteiger partial charge on any atom is -0.493 e. The van der Waals surface area contributed by atoms with Gasteiger partial charge in [-0.2, -0.15) is 0 Å². The quantitative estimate of drug-likeness (QED) is 0.847. The number of benzene rings is 1. The predicted octanol–water partition coefficient (Wildman–Crippen LogP) is 1.51. The van der Waals surface area contributed by atoms with Crippen molar-refractivity contribution in [3.05, 3.63) is 23.8 Å². The van der Waals surface area contributed by atoms with E-state index in [1.807, 2.05) is 12.1 Å². The van der Waals surface area contributed by atoms with Crippen molar-refractivity contribution in [1.29, 1.82) is 0 Å². The molecule has 2 atom stereocenters. The smallest absolute Gasteiger partial charge is 0.165 e. The SMILES string of the molecule is COc1cccc([C@H](N)[C@@H](C)O)c1OC.Cl. The number of hydrogen-bond donors (Lipinski definition) is 2. The molecule has 1 aromatic rings. The van der Waals surface area contributed by atoms with Gasteiger partial charge in [-0.15, -0.1) is 12.4 Å². The van der Waals surface area contributed by atoms with E-state index in [1.54, 1.807) is 27.2 Å². The van der Waals surface area contributed by atoms with Crippen LogP contribution in [0.15, 0.2) is 18.2 Å². The van der Waals surface area contributed by atoms with Gasteiger partial charge in [-0.05, 0) is 13.0 Å². The highest BCUT2D eigenvalue weighted by molar-refractivity contribution is 5.85. The maximum atomic E-state index is 9.44. The number of nitrogens with two attached hydrogens (primary N) is 1. The van der Waals surface area contributed by atoms with Gasteiger partial charge in [-0.25, -0.2) is 0 Å². The summed E-state index contributed by atoms with van der Waals surface area (Å²) in [5.74, 6) is 1.19. The lowest BCUT2D eigenvalue weighted by molar-refractivity contribution is 0.162. The zero-order chi connectivity index (χ0) is 11.4. The number of rotatable bonds is 4. The van der Waals surface area contributed by atoms with Gasteiger partial charge >= 0.3 is 0 Å².